The fourth-order valence-electron chi connectivity index (χ4n) is 1.63. The topological polar surface area (TPSA) is 71.7 Å². The van der Waals surface area contributed by atoms with E-state index in [1.807, 2.05) is 24.3 Å². The number of aliphatic hydroxyl groups is 1. The Labute approximate surface area is 131 Å². The van der Waals surface area contributed by atoms with Gasteiger partial charge in [0.1, 0.15) is 18.1 Å². The van der Waals surface area contributed by atoms with E-state index in [4.69, 9.17) is 14.3 Å². The largest absolute Gasteiger partial charge is 0.486 e. The van der Waals surface area contributed by atoms with Crippen LogP contribution in [0.25, 0.3) is 0 Å². The standard InChI is InChI=1S/C15H16BrNO4/c16-11-2-4-12(5-3-11)20-10-13-6-7-14(21-13)15(19)17-8-1-9-18/h2-7,18H,1,8-10H2,(H,17,19). The van der Waals surface area contributed by atoms with Gasteiger partial charge in [-0.1, -0.05) is 15.9 Å². The normalized spacial score (nSPS) is 10.4. The summed E-state index contributed by atoms with van der Waals surface area (Å²) in [5.41, 5.74) is 0. The van der Waals surface area contributed by atoms with Gasteiger partial charge in [-0.2, -0.15) is 0 Å². The molecule has 1 aromatic carbocycles. The fourth-order valence-corrected chi connectivity index (χ4v) is 1.90. The first kappa shape index (κ1) is 15.6. The number of halogens is 1. The molecule has 1 amide bonds. The van der Waals surface area contributed by atoms with Gasteiger partial charge in [0.15, 0.2) is 5.76 Å². The average molecular weight is 354 g/mol. The molecule has 0 aliphatic carbocycles. The summed E-state index contributed by atoms with van der Waals surface area (Å²) in [6.45, 7) is 0.719. The van der Waals surface area contributed by atoms with Crippen molar-refractivity contribution in [3.05, 3.63) is 52.4 Å². The minimum Gasteiger partial charge on any atom is -0.486 e. The van der Waals surface area contributed by atoms with Gasteiger partial charge in [0.05, 0.1) is 0 Å². The van der Waals surface area contributed by atoms with Crippen LogP contribution < -0.4 is 10.1 Å². The molecule has 2 N–H and O–H groups in total. The van der Waals surface area contributed by atoms with Crippen LogP contribution in [0.15, 0.2) is 45.3 Å². The lowest BCUT2D eigenvalue weighted by Gasteiger charge is -2.04. The Bertz CT molecular complexity index is 580. The van der Waals surface area contributed by atoms with E-state index >= 15 is 0 Å². The molecule has 0 atom stereocenters. The van der Waals surface area contributed by atoms with E-state index in [0.717, 1.165) is 10.2 Å². The summed E-state index contributed by atoms with van der Waals surface area (Å²) < 4.78 is 12.0. The van der Waals surface area contributed by atoms with E-state index < -0.39 is 0 Å². The molecule has 1 aromatic heterocycles. The number of hydrogen-bond donors (Lipinski definition) is 2. The molecule has 0 unspecified atom stereocenters. The summed E-state index contributed by atoms with van der Waals surface area (Å²) in [7, 11) is 0. The monoisotopic (exact) mass is 353 g/mol. The summed E-state index contributed by atoms with van der Waals surface area (Å²) in [6, 6.07) is 10.8. The van der Waals surface area contributed by atoms with Crippen LogP contribution in [-0.2, 0) is 6.61 Å². The molecule has 0 bridgehead atoms. The van der Waals surface area contributed by atoms with Crippen LogP contribution in [0.2, 0.25) is 0 Å². The van der Waals surface area contributed by atoms with Gasteiger partial charge >= 0.3 is 0 Å². The average Bonchev–Trinajstić information content (AvgIpc) is 2.96. The van der Waals surface area contributed by atoms with E-state index in [2.05, 4.69) is 21.2 Å². The number of carbonyl (C=O) groups excluding carboxylic acids is 1. The number of hydrogen-bond acceptors (Lipinski definition) is 4. The first-order valence-corrected chi connectivity index (χ1v) is 7.34. The number of furan rings is 1. The lowest BCUT2D eigenvalue weighted by Crippen LogP contribution is -2.24. The van der Waals surface area contributed by atoms with E-state index in [1.54, 1.807) is 12.1 Å². The zero-order chi connectivity index (χ0) is 15.1. The molecule has 0 spiro atoms. The Morgan fingerprint density at radius 3 is 2.71 bits per heavy atom. The van der Waals surface area contributed by atoms with Crippen molar-refractivity contribution in [2.24, 2.45) is 0 Å². The number of nitrogens with one attached hydrogen (secondary N) is 1. The Morgan fingerprint density at radius 1 is 1.24 bits per heavy atom. The van der Waals surface area contributed by atoms with Gasteiger partial charge < -0.3 is 19.6 Å². The van der Waals surface area contributed by atoms with Crippen molar-refractivity contribution < 1.29 is 19.1 Å². The highest BCUT2D eigenvalue weighted by Gasteiger charge is 2.10. The van der Waals surface area contributed by atoms with Gasteiger partial charge in [0, 0.05) is 17.6 Å². The van der Waals surface area contributed by atoms with Gasteiger partial charge in [-0.15, -0.1) is 0 Å². The van der Waals surface area contributed by atoms with Crippen molar-refractivity contribution in [1.82, 2.24) is 5.32 Å². The molecule has 2 rings (SSSR count). The zero-order valence-electron chi connectivity index (χ0n) is 11.3. The highest BCUT2D eigenvalue weighted by atomic mass is 79.9. The Hall–Kier alpha value is -1.79. The molecule has 1 heterocycles. The van der Waals surface area contributed by atoms with Gasteiger partial charge in [0.25, 0.3) is 5.91 Å². The first-order chi connectivity index (χ1) is 10.2. The molecule has 112 valence electrons. The van der Waals surface area contributed by atoms with Crippen molar-refractivity contribution >= 4 is 21.8 Å². The molecular weight excluding hydrogens is 338 g/mol. The maximum Gasteiger partial charge on any atom is 0.286 e. The number of benzene rings is 1. The lowest BCUT2D eigenvalue weighted by molar-refractivity contribution is 0.0919. The van der Waals surface area contributed by atoms with Gasteiger partial charge in [0.2, 0.25) is 0 Å². The van der Waals surface area contributed by atoms with Crippen LogP contribution in [0.4, 0.5) is 0 Å². The Balaban J connectivity index is 1.85. The predicted octanol–water partition coefficient (Wildman–Crippen LogP) is 2.73. The van der Waals surface area contributed by atoms with Crippen LogP contribution in [0.3, 0.4) is 0 Å². The summed E-state index contributed by atoms with van der Waals surface area (Å²) in [6.07, 6.45) is 0.520. The SMILES string of the molecule is O=C(NCCCO)c1ccc(COc2ccc(Br)cc2)o1. The molecule has 0 radical (unpaired) electrons. The summed E-state index contributed by atoms with van der Waals surface area (Å²) in [5, 5.41) is 11.3. The van der Waals surface area contributed by atoms with Crippen LogP contribution in [0, 0.1) is 0 Å². The minimum absolute atomic E-state index is 0.0463. The van der Waals surface area contributed by atoms with E-state index in [9.17, 15) is 4.79 Å². The highest BCUT2D eigenvalue weighted by molar-refractivity contribution is 9.10. The quantitative estimate of drug-likeness (QED) is 0.750. The van der Waals surface area contributed by atoms with Crippen LogP contribution in [0.5, 0.6) is 5.75 Å². The molecule has 5 nitrogen and oxygen atoms in total. The van der Waals surface area contributed by atoms with E-state index in [1.165, 1.54) is 0 Å². The van der Waals surface area contributed by atoms with Crippen molar-refractivity contribution in [2.75, 3.05) is 13.2 Å². The number of ether oxygens (including phenoxy) is 1. The number of aliphatic hydroxyl groups excluding tert-OH is 1. The van der Waals surface area contributed by atoms with Gasteiger partial charge in [-0.3, -0.25) is 4.79 Å². The van der Waals surface area contributed by atoms with Crippen molar-refractivity contribution in [2.45, 2.75) is 13.0 Å². The summed E-state index contributed by atoms with van der Waals surface area (Å²) in [4.78, 5) is 11.7. The third-order valence-electron chi connectivity index (χ3n) is 2.70. The zero-order valence-corrected chi connectivity index (χ0v) is 12.9. The van der Waals surface area contributed by atoms with Crippen LogP contribution in [0.1, 0.15) is 22.7 Å². The number of carbonyl (C=O) groups is 1. The summed E-state index contributed by atoms with van der Waals surface area (Å²) in [5.74, 6) is 1.24. The maximum atomic E-state index is 11.7. The Morgan fingerprint density at radius 2 is 2.00 bits per heavy atom. The van der Waals surface area contributed by atoms with E-state index in [0.29, 0.717) is 18.7 Å². The van der Waals surface area contributed by atoms with Crippen LogP contribution in [-0.4, -0.2) is 24.2 Å². The first-order valence-electron chi connectivity index (χ1n) is 6.55. The van der Waals surface area contributed by atoms with Gasteiger partial charge in [-0.25, -0.2) is 0 Å². The predicted molar refractivity (Wildman–Crippen MR) is 81.2 cm³/mol. The smallest absolute Gasteiger partial charge is 0.286 e. The van der Waals surface area contributed by atoms with Crippen molar-refractivity contribution in [1.29, 1.82) is 0 Å². The second kappa shape index (κ2) is 7.85. The van der Waals surface area contributed by atoms with E-state index in [-0.39, 0.29) is 24.9 Å². The number of amides is 1. The molecule has 0 fully saturated rings. The number of rotatable bonds is 7. The molecule has 0 aliphatic rings. The molecule has 0 saturated carbocycles. The third kappa shape index (κ3) is 4.91. The highest BCUT2D eigenvalue weighted by Crippen LogP contribution is 2.18. The second-order valence-corrected chi connectivity index (χ2v) is 5.26. The maximum absolute atomic E-state index is 11.7. The van der Waals surface area contributed by atoms with Crippen molar-refractivity contribution in [3.8, 4) is 5.75 Å². The van der Waals surface area contributed by atoms with Crippen LogP contribution >= 0.6 is 15.9 Å². The summed E-state index contributed by atoms with van der Waals surface area (Å²) >= 11 is 3.35. The van der Waals surface area contributed by atoms with Crippen molar-refractivity contribution in [3.63, 3.8) is 0 Å². The molecule has 21 heavy (non-hydrogen) atoms. The second-order valence-electron chi connectivity index (χ2n) is 4.34. The molecular formula is C15H16BrNO4. The molecule has 0 saturated heterocycles. The Kier molecular flexibility index (Phi) is 5.83. The minimum atomic E-state index is -0.293. The fraction of sp³-hybridized carbons (Fsp3) is 0.267. The molecule has 0 aliphatic heterocycles. The molecule has 6 heteroatoms. The third-order valence-corrected chi connectivity index (χ3v) is 3.23. The van der Waals surface area contributed by atoms with Gasteiger partial charge in [-0.05, 0) is 42.8 Å². The lowest BCUT2D eigenvalue weighted by atomic mass is 10.3. The molecule has 2 aromatic rings.